The molecular weight excluding hydrogens is 516 g/mol. The van der Waals surface area contributed by atoms with E-state index in [2.05, 4.69) is 10.5 Å². The monoisotopic (exact) mass is 538 g/mol. The molecule has 0 radical (unpaired) electrons. The number of carbonyl (C=O) groups is 2. The molecule has 0 unspecified atom stereocenters. The van der Waals surface area contributed by atoms with Crippen LogP contribution in [0.2, 0.25) is 0 Å². The first kappa shape index (κ1) is 26.0. The predicted octanol–water partition coefficient (Wildman–Crippen LogP) is 5.40. The van der Waals surface area contributed by atoms with Gasteiger partial charge in [-0.1, -0.05) is 30.3 Å². The number of amides is 2. The molecular formula is C28H22F4N4O3. The lowest BCUT2D eigenvalue weighted by molar-refractivity contribution is -0.137. The highest BCUT2D eigenvalue weighted by atomic mass is 19.4. The maximum absolute atomic E-state index is 14.0. The molecule has 0 saturated carbocycles. The average Bonchev–Trinajstić information content (AvgIpc) is 2.95. The number of fused-ring (bicyclic) bond motifs is 1. The highest BCUT2D eigenvalue weighted by Crippen LogP contribution is 2.36. The first-order valence-electron chi connectivity index (χ1n) is 12.0. The summed E-state index contributed by atoms with van der Waals surface area (Å²) in [6, 6.07) is 17.4. The summed E-state index contributed by atoms with van der Waals surface area (Å²) >= 11 is 0. The number of pyridine rings is 1. The molecule has 3 aromatic carbocycles. The molecule has 200 valence electrons. The molecule has 11 heteroatoms. The molecule has 5 rings (SSSR count). The van der Waals surface area contributed by atoms with E-state index in [-0.39, 0.29) is 48.7 Å². The highest BCUT2D eigenvalue weighted by Gasteiger charge is 2.35. The largest absolute Gasteiger partial charge is 0.418 e. The van der Waals surface area contributed by atoms with Gasteiger partial charge in [0.15, 0.2) is 5.75 Å². The number of benzene rings is 3. The van der Waals surface area contributed by atoms with Crippen molar-refractivity contribution in [2.24, 2.45) is 0 Å². The van der Waals surface area contributed by atoms with Crippen LogP contribution in [-0.4, -0.2) is 52.8 Å². The van der Waals surface area contributed by atoms with Crippen LogP contribution in [0.5, 0.6) is 5.75 Å². The minimum atomic E-state index is -4.77. The Morgan fingerprint density at radius 3 is 2.26 bits per heavy atom. The first-order valence-corrected chi connectivity index (χ1v) is 12.0. The molecule has 4 aromatic rings. The number of hydrogen-bond donors (Lipinski definition) is 1. The summed E-state index contributed by atoms with van der Waals surface area (Å²) in [5.74, 6) is -1.51. The maximum Gasteiger partial charge on any atom is 0.418 e. The van der Waals surface area contributed by atoms with Gasteiger partial charge in [0, 0.05) is 43.3 Å². The molecule has 0 spiro atoms. The van der Waals surface area contributed by atoms with Crippen molar-refractivity contribution >= 4 is 28.4 Å². The molecule has 0 bridgehead atoms. The second-order valence-electron chi connectivity index (χ2n) is 8.86. The van der Waals surface area contributed by atoms with Crippen LogP contribution in [0.1, 0.15) is 26.3 Å². The number of anilines is 1. The number of piperazine rings is 1. The van der Waals surface area contributed by atoms with Crippen LogP contribution in [0.25, 0.3) is 10.9 Å². The number of hydrogen-bond acceptors (Lipinski definition) is 5. The van der Waals surface area contributed by atoms with E-state index in [0.717, 1.165) is 17.5 Å². The van der Waals surface area contributed by atoms with Gasteiger partial charge in [0.1, 0.15) is 11.3 Å². The van der Waals surface area contributed by atoms with Crippen molar-refractivity contribution in [1.82, 2.24) is 14.8 Å². The molecule has 1 aromatic heterocycles. The van der Waals surface area contributed by atoms with Crippen LogP contribution in [0, 0.1) is 5.82 Å². The van der Waals surface area contributed by atoms with Gasteiger partial charge in [-0.05, 0) is 42.5 Å². The van der Waals surface area contributed by atoms with Crippen LogP contribution in [-0.2, 0) is 6.18 Å². The summed E-state index contributed by atoms with van der Waals surface area (Å²) in [6.45, 7) is 0.435. The van der Waals surface area contributed by atoms with Crippen molar-refractivity contribution < 1.29 is 32.0 Å². The molecule has 2 heterocycles. The third kappa shape index (κ3) is 5.47. The fraction of sp³-hybridized carbons (Fsp3) is 0.179. The quantitative estimate of drug-likeness (QED) is 0.272. The van der Waals surface area contributed by atoms with Crippen LogP contribution in [0.4, 0.5) is 23.2 Å². The molecule has 0 atom stereocenters. The smallest absolute Gasteiger partial charge is 0.380 e. The Morgan fingerprint density at radius 1 is 0.846 bits per heavy atom. The van der Waals surface area contributed by atoms with Crippen molar-refractivity contribution in [3.05, 3.63) is 102 Å². The summed E-state index contributed by atoms with van der Waals surface area (Å²) < 4.78 is 55.8. The van der Waals surface area contributed by atoms with E-state index in [1.54, 1.807) is 42.6 Å². The SMILES string of the molecule is O=C(c1ccc(NOc2cccc3cccnc23)c(C(F)(F)F)c1)N1CCN(C(=O)c2ccccc2F)CC1. The Morgan fingerprint density at radius 2 is 1.54 bits per heavy atom. The Hall–Kier alpha value is -4.67. The summed E-state index contributed by atoms with van der Waals surface area (Å²) in [7, 11) is 0. The van der Waals surface area contributed by atoms with E-state index in [0.29, 0.717) is 5.52 Å². The average molecular weight is 539 g/mol. The summed E-state index contributed by atoms with van der Waals surface area (Å²) in [5, 5.41) is 0.754. The van der Waals surface area contributed by atoms with E-state index in [1.165, 1.54) is 34.1 Å². The van der Waals surface area contributed by atoms with E-state index in [1.807, 2.05) is 0 Å². The number of alkyl halides is 3. The highest BCUT2D eigenvalue weighted by molar-refractivity contribution is 5.96. The minimum absolute atomic E-state index is 0.0725. The van der Waals surface area contributed by atoms with Gasteiger partial charge in [-0.25, -0.2) is 9.87 Å². The molecule has 1 saturated heterocycles. The van der Waals surface area contributed by atoms with Crippen molar-refractivity contribution in [1.29, 1.82) is 0 Å². The summed E-state index contributed by atoms with van der Waals surface area (Å²) in [6.07, 6.45) is -3.23. The molecule has 0 aliphatic carbocycles. The van der Waals surface area contributed by atoms with Crippen LogP contribution in [0.15, 0.2) is 79.0 Å². The van der Waals surface area contributed by atoms with Crippen molar-refractivity contribution in [3.8, 4) is 5.75 Å². The lowest BCUT2D eigenvalue weighted by Crippen LogP contribution is -2.50. The standard InChI is InChI=1S/C28H22F4N4O3/c29-22-8-2-1-7-20(22)27(38)36-15-13-35(14-16-36)26(37)19-10-11-23(21(17-19)28(30,31)32)34-39-24-9-3-5-18-6-4-12-33-25(18)24/h1-12,17,34H,13-16H2. The Bertz CT molecular complexity index is 1530. The van der Waals surface area contributed by atoms with E-state index >= 15 is 0 Å². The lowest BCUT2D eigenvalue weighted by Gasteiger charge is -2.35. The first-order chi connectivity index (χ1) is 18.7. The van der Waals surface area contributed by atoms with Gasteiger partial charge in [-0.15, -0.1) is 0 Å². The molecule has 2 amide bonds. The van der Waals surface area contributed by atoms with Gasteiger partial charge in [0.05, 0.1) is 16.8 Å². The Balaban J connectivity index is 1.29. The molecule has 1 aliphatic rings. The number of carbonyl (C=O) groups excluding carboxylic acids is 2. The predicted molar refractivity (Wildman–Crippen MR) is 136 cm³/mol. The van der Waals surface area contributed by atoms with Gasteiger partial charge in [0.2, 0.25) is 0 Å². The van der Waals surface area contributed by atoms with Crippen LogP contribution < -0.4 is 10.3 Å². The fourth-order valence-corrected chi connectivity index (χ4v) is 4.37. The number of rotatable bonds is 5. The van der Waals surface area contributed by atoms with Crippen molar-refractivity contribution in [3.63, 3.8) is 0 Å². The van der Waals surface area contributed by atoms with Gasteiger partial charge in [-0.2, -0.15) is 13.2 Å². The molecule has 1 aliphatic heterocycles. The molecule has 1 fully saturated rings. The van der Waals surface area contributed by atoms with E-state index in [9.17, 15) is 27.2 Å². The second-order valence-corrected chi connectivity index (χ2v) is 8.86. The second kappa shape index (κ2) is 10.6. The Kier molecular flexibility index (Phi) is 7.05. The maximum atomic E-state index is 14.0. The normalized spacial score (nSPS) is 13.8. The number of aromatic nitrogens is 1. The minimum Gasteiger partial charge on any atom is -0.380 e. The fourth-order valence-electron chi connectivity index (χ4n) is 4.37. The molecule has 39 heavy (non-hydrogen) atoms. The Labute approximate surface area is 220 Å². The zero-order chi connectivity index (χ0) is 27.6. The van der Waals surface area contributed by atoms with Gasteiger partial charge >= 0.3 is 6.18 Å². The van der Waals surface area contributed by atoms with Crippen molar-refractivity contribution in [2.45, 2.75) is 6.18 Å². The third-order valence-corrected chi connectivity index (χ3v) is 6.40. The van der Waals surface area contributed by atoms with Crippen LogP contribution >= 0.6 is 0 Å². The zero-order valence-electron chi connectivity index (χ0n) is 20.4. The molecule has 1 N–H and O–H groups in total. The van der Waals surface area contributed by atoms with E-state index in [4.69, 9.17) is 4.84 Å². The van der Waals surface area contributed by atoms with Gasteiger partial charge in [-0.3, -0.25) is 14.6 Å². The number of halogens is 4. The van der Waals surface area contributed by atoms with Crippen LogP contribution in [0.3, 0.4) is 0 Å². The summed E-state index contributed by atoms with van der Waals surface area (Å²) in [5.41, 5.74) is 1.15. The summed E-state index contributed by atoms with van der Waals surface area (Å²) in [4.78, 5) is 38.1. The van der Waals surface area contributed by atoms with Gasteiger partial charge < -0.3 is 14.6 Å². The lowest BCUT2D eigenvalue weighted by atomic mass is 10.1. The van der Waals surface area contributed by atoms with Gasteiger partial charge in [0.25, 0.3) is 11.8 Å². The number of para-hydroxylation sites is 1. The van der Waals surface area contributed by atoms with E-state index < -0.39 is 29.4 Å². The van der Waals surface area contributed by atoms with Crippen molar-refractivity contribution in [2.75, 3.05) is 31.7 Å². The topological polar surface area (TPSA) is 74.8 Å². The number of nitrogens with zero attached hydrogens (tertiary/aromatic N) is 3. The third-order valence-electron chi connectivity index (χ3n) is 6.40. The molecule has 7 nitrogen and oxygen atoms in total. The zero-order valence-corrected chi connectivity index (χ0v) is 20.4. The number of nitrogens with one attached hydrogen (secondary N) is 1.